The molecule has 0 radical (unpaired) electrons. The SMILES string of the molecule is Fc1ccc(-c2nc3ccc(Br)cn3c2CCl)cc1. The molecule has 0 aliphatic heterocycles. The molecule has 0 saturated heterocycles. The zero-order valence-corrected chi connectivity index (χ0v) is 12.1. The van der Waals surface area contributed by atoms with E-state index in [1.165, 1.54) is 12.1 Å². The van der Waals surface area contributed by atoms with E-state index < -0.39 is 0 Å². The molecule has 19 heavy (non-hydrogen) atoms. The van der Waals surface area contributed by atoms with Crippen LogP contribution in [0.3, 0.4) is 0 Å². The summed E-state index contributed by atoms with van der Waals surface area (Å²) in [7, 11) is 0. The third-order valence-corrected chi connectivity index (χ3v) is 3.65. The van der Waals surface area contributed by atoms with Crippen molar-refractivity contribution in [2.75, 3.05) is 0 Å². The number of alkyl halides is 1. The summed E-state index contributed by atoms with van der Waals surface area (Å²) < 4.78 is 15.9. The van der Waals surface area contributed by atoms with Gasteiger partial charge in [-0.25, -0.2) is 9.37 Å². The highest BCUT2D eigenvalue weighted by Crippen LogP contribution is 2.27. The summed E-state index contributed by atoms with van der Waals surface area (Å²) in [6.45, 7) is 0. The van der Waals surface area contributed by atoms with Crippen molar-refractivity contribution in [1.29, 1.82) is 0 Å². The molecule has 96 valence electrons. The van der Waals surface area contributed by atoms with Gasteiger partial charge in [-0.05, 0) is 52.3 Å². The number of imidazole rings is 1. The topological polar surface area (TPSA) is 17.3 Å². The van der Waals surface area contributed by atoms with Gasteiger partial charge in [0.05, 0.1) is 17.3 Å². The molecule has 3 aromatic rings. The molecule has 2 aromatic heterocycles. The van der Waals surface area contributed by atoms with Gasteiger partial charge in [0, 0.05) is 16.2 Å². The van der Waals surface area contributed by atoms with E-state index in [1.54, 1.807) is 12.1 Å². The lowest BCUT2D eigenvalue weighted by molar-refractivity contribution is 0.628. The molecular weight excluding hydrogens is 331 g/mol. The molecule has 0 fully saturated rings. The Bertz CT molecular complexity index is 737. The van der Waals surface area contributed by atoms with Crippen LogP contribution in [0.5, 0.6) is 0 Å². The molecule has 0 saturated carbocycles. The highest BCUT2D eigenvalue weighted by Gasteiger charge is 2.13. The van der Waals surface area contributed by atoms with E-state index in [4.69, 9.17) is 11.6 Å². The number of halogens is 3. The Balaban J connectivity index is 2.25. The fraction of sp³-hybridized carbons (Fsp3) is 0.0714. The summed E-state index contributed by atoms with van der Waals surface area (Å²) in [4.78, 5) is 4.56. The maximum absolute atomic E-state index is 13.0. The molecule has 1 aromatic carbocycles. The quantitative estimate of drug-likeness (QED) is 0.622. The van der Waals surface area contributed by atoms with Gasteiger partial charge in [-0.1, -0.05) is 0 Å². The number of benzene rings is 1. The second kappa shape index (κ2) is 4.94. The monoisotopic (exact) mass is 338 g/mol. The molecule has 0 atom stereocenters. The van der Waals surface area contributed by atoms with Crippen LogP contribution in [0, 0.1) is 5.82 Å². The predicted octanol–water partition coefficient (Wildman–Crippen LogP) is 4.64. The summed E-state index contributed by atoms with van der Waals surface area (Å²) >= 11 is 9.47. The first-order valence-corrected chi connectivity index (χ1v) is 7.00. The Kier molecular flexibility index (Phi) is 3.29. The summed E-state index contributed by atoms with van der Waals surface area (Å²) in [5.41, 5.74) is 3.35. The second-order valence-electron chi connectivity index (χ2n) is 4.12. The van der Waals surface area contributed by atoms with E-state index in [9.17, 15) is 4.39 Å². The molecule has 0 aliphatic carbocycles. The van der Waals surface area contributed by atoms with Crippen molar-refractivity contribution < 1.29 is 4.39 Å². The van der Waals surface area contributed by atoms with E-state index >= 15 is 0 Å². The number of nitrogens with zero attached hydrogens (tertiary/aromatic N) is 2. The van der Waals surface area contributed by atoms with Crippen LogP contribution in [0.4, 0.5) is 4.39 Å². The molecule has 0 aliphatic rings. The normalized spacial score (nSPS) is 11.1. The molecule has 0 N–H and O–H groups in total. The van der Waals surface area contributed by atoms with Crippen molar-refractivity contribution in [2.45, 2.75) is 5.88 Å². The molecule has 2 nitrogen and oxygen atoms in total. The highest BCUT2D eigenvalue weighted by molar-refractivity contribution is 9.10. The average Bonchev–Trinajstić information content (AvgIpc) is 2.77. The maximum Gasteiger partial charge on any atom is 0.137 e. The zero-order valence-electron chi connectivity index (χ0n) is 9.78. The third-order valence-electron chi connectivity index (χ3n) is 2.93. The van der Waals surface area contributed by atoms with E-state index in [0.717, 1.165) is 27.1 Å². The van der Waals surface area contributed by atoms with Gasteiger partial charge in [-0.15, -0.1) is 11.6 Å². The Labute approximate surface area is 123 Å². The number of rotatable bonds is 2. The Hall–Kier alpha value is -1.39. The molecule has 5 heteroatoms. The highest BCUT2D eigenvalue weighted by atomic mass is 79.9. The van der Waals surface area contributed by atoms with Crippen LogP contribution in [0.2, 0.25) is 0 Å². The first-order chi connectivity index (χ1) is 9.19. The number of aromatic nitrogens is 2. The van der Waals surface area contributed by atoms with Crippen LogP contribution in [0.15, 0.2) is 47.1 Å². The lowest BCUT2D eigenvalue weighted by Crippen LogP contribution is -1.91. The minimum absolute atomic E-state index is 0.261. The number of hydrogen-bond acceptors (Lipinski definition) is 1. The van der Waals surface area contributed by atoms with Crippen molar-refractivity contribution in [1.82, 2.24) is 9.38 Å². The van der Waals surface area contributed by atoms with Crippen LogP contribution >= 0.6 is 27.5 Å². The molecule has 2 heterocycles. The summed E-state index contributed by atoms with van der Waals surface area (Å²) in [5, 5.41) is 0. The van der Waals surface area contributed by atoms with Crippen molar-refractivity contribution in [3.8, 4) is 11.3 Å². The third kappa shape index (κ3) is 2.26. The largest absolute Gasteiger partial charge is 0.301 e. The van der Waals surface area contributed by atoms with E-state index in [1.807, 2.05) is 22.7 Å². The van der Waals surface area contributed by atoms with Gasteiger partial charge in [0.1, 0.15) is 11.5 Å². The summed E-state index contributed by atoms with van der Waals surface area (Å²) in [5.74, 6) is 0.0762. The summed E-state index contributed by atoms with van der Waals surface area (Å²) in [6, 6.07) is 10.1. The van der Waals surface area contributed by atoms with Crippen LogP contribution in [-0.2, 0) is 5.88 Å². The van der Waals surface area contributed by atoms with Crippen LogP contribution in [0.25, 0.3) is 16.9 Å². The Morgan fingerprint density at radius 2 is 1.89 bits per heavy atom. The van der Waals surface area contributed by atoms with Gasteiger partial charge in [-0.3, -0.25) is 0 Å². The van der Waals surface area contributed by atoms with Crippen LogP contribution in [-0.4, -0.2) is 9.38 Å². The lowest BCUT2D eigenvalue weighted by atomic mass is 10.1. The zero-order chi connectivity index (χ0) is 13.4. The van der Waals surface area contributed by atoms with E-state index in [2.05, 4.69) is 20.9 Å². The van der Waals surface area contributed by atoms with Gasteiger partial charge in [0.25, 0.3) is 0 Å². The molecule has 0 spiro atoms. The lowest BCUT2D eigenvalue weighted by Gasteiger charge is -2.02. The van der Waals surface area contributed by atoms with Gasteiger partial charge in [0.2, 0.25) is 0 Å². The summed E-state index contributed by atoms with van der Waals surface area (Å²) in [6.07, 6.45) is 1.92. The standard InChI is InChI=1S/C14H9BrClFN2/c15-10-3-6-13-18-14(12(7-16)19(13)8-10)9-1-4-11(17)5-2-9/h1-6,8H,7H2. The molecule has 0 amide bonds. The fourth-order valence-corrected chi connectivity index (χ4v) is 2.63. The fourth-order valence-electron chi connectivity index (χ4n) is 2.03. The first kappa shape index (κ1) is 12.6. The average molecular weight is 340 g/mol. The molecule has 3 rings (SSSR count). The minimum Gasteiger partial charge on any atom is -0.301 e. The molecule has 0 bridgehead atoms. The Morgan fingerprint density at radius 3 is 2.58 bits per heavy atom. The van der Waals surface area contributed by atoms with Crippen LogP contribution in [0.1, 0.15) is 5.69 Å². The molecular formula is C14H9BrClFN2. The van der Waals surface area contributed by atoms with Crippen molar-refractivity contribution in [2.24, 2.45) is 0 Å². The predicted molar refractivity (Wildman–Crippen MR) is 77.8 cm³/mol. The second-order valence-corrected chi connectivity index (χ2v) is 5.31. The maximum atomic E-state index is 13.0. The number of pyridine rings is 1. The van der Waals surface area contributed by atoms with Crippen molar-refractivity contribution in [3.05, 3.63) is 58.6 Å². The van der Waals surface area contributed by atoms with Gasteiger partial charge in [0.15, 0.2) is 0 Å². The van der Waals surface area contributed by atoms with E-state index in [-0.39, 0.29) is 5.82 Å². The molecule has 0 unspecified atom stereocenters. The van der Waals surface area contributed by atoms with Gasteiger partial charge < -0.3 is 4.40 Å². The first-order valence-electron chi connectivity index (χ1n) is 5.67. The smallest absolute Gasteiger partial charge is 0.137 e. The van der Waals surface area contributed by atoms with Crippen molar-refractivity contribution in [3.63, 3.8) is 0 Å². The van der Waals surface area contributed by atoms with Gasteiger partial charge in [-0.2, -0.15) is 0 Å². The number of hydrogen-bond donors (Lipinski definition) is 0. The number of fused-ring (bicyclic) bond motifs is 1. The van der Waals surface area contributed by atoms with Crippen LogP contribution < -0.4 is 0 Å². The minimum atomic E-state index is -0.261. The van der Waals surface area contributed by atoms with E-state index in [0.29, 0.717) is 5.88 Å². The Morgan fingerprint density at radius 1 is 1.16 bits per heavy atom. The van der Waals surface area contributed by atoms with Crippen molar-refractivity contribution >= 4 is 33.2 Å². The van der Waals surface area contributed by atoms with Gasteiger partial charge >= 0.3 is 0 Å².